The summed E-state index contributed by atoms with van der Waals surface area (Å²) in [5.74, 6) is -3.76. The monoisotopic (exact) mass is 282 g/mol. The molecule has 1 aromatic carbocycles. The van der Waals surface area contributed by atoms with Crippen LogP contribution in [0.25, 0.3) is 0 Å². The van der Waals surface area contributed by atoms with E-state index in [1.165, 1.54) is 24.3 Å². The first-order valence-corrected chi connectivity index (χ1v) is 5.41. The molecule has 0 radical (unpaired) electrons. The Morgan fingerprint density at radius 1 is 1.05 bits per heavy atom. The largest absolute Gasteiger partial charge is 0.502 e. The molecular weight excluding hydrogens is 268 g/mol. The molecule has 0 atom stereocenters. The molecular formula is C13H14O7. The number of carbonyl (C=O) groups is 3. The first-order valence-electron chi connectivity index (χ1n) is 5.41. The second-order valence-electron chi connectivity index (χ2n) is 3.32. The fourth-order valence-electron chi connectivity index (χ4n) is 1.07. The minimum atomic E-state index is -1.23. The molecule has 0 saturated carbocycles. The molecule has 0 fully saturated rings. The van der Waals surface area contributed by atoms with Gasteiger partial charge in [0.05, 0.1) is 17.7 Å². The molecule has 0 amide bonds. The van der Waals surface area contributed by atoms with E-state index in [0.29, 0.717) is 0 Å². The molecule has 1 aromatic rings. The summed E-state index contributed by atoms with van der Waals surface area (Å²) in [6, 6.07) is 5.48. The van der Waals surface area contributed by atoms with Crippen LogP contribution in [0.1, 0.15) is 27.6 Å². The van der Waals surface area contributed by atoms with E-state index in [2.05, 4.69) is 11.3 Å². The Hall–Kier alpha value is -2.83. The van der Waals surface area contributed by atoms with E-state index in [4.69, 9.17) is 15.3 Å². The number of aromatic carboxylic acids is 2. The van der Waals surface area contributed by atoms with Gasteiger partial charge >= 0.3 is 17.9 Å². The number of rotatable bonds is 4. The summed E-state index contributed by atoms with van der Waals surface area (Å²) in [4.78, 5) is 31.1. The number of carboxylic acid groups (broad SMARTS) is 2. The van der Waals surface area contributed by atoms with Gasteiger partial charge in [-0.1, -0.05) is 12.1 Å². The fourth-order valence-corrected chi connectivity index (χ4v) is 1.07. The molecule has 0 aliphatic carbocycles. The number of hydrogen-bond acceptors (Lipinski definition) is 5. The number of esters is 1. The lowest BCUT2D eigenvalue weighted by Crippen LogP contribution is -2.06. The van der Waals surface area contributed by atoms with Crippen LogP contribution in [0.2, 0.25) is 0 Å². The van der Waals surface area contributed by atoms with Crippen molar-refractivity contribution in [3.8, 4) is 0 Å². The Kier molecular flexibility index (Phi) is 7.13. The van der Waals surface area contributed by atoms with E-state index in [1.54, 1.807) is 6.92 Å². The van der Waals surface area contributed by atoms with Crippen molar-refractivity contribution >= 4 is 17.9 Å². The predicted molar refractivity (Wildman–Crippen MR) is 68.8 cm³/mol. The smallest absolute Gasteiger partial charge is 0.372 e. The average Bonchev–Trinajstić information content (AvgIpc) is 2.39. The minimum absolute atomic E-state index is 0.190. The van der Waals surface area contributed by atoms with E-state index in [9.17, 15) is 14.4 Å². The van der Waals surface area contributed by atoms with E-state index in [0.717, 1.165) is 0 Å². The van der Waals surface area contributed by atoms with Gasteiger partial charge in [-0.05, 0) is 25.6 Å². The van der Waals surface area contributed by atoms with E-state index in [-0.39, 0.29) is 17.7 Å². The maximum absolute atomic E-state index is 10.5. The third-order valence-electron chi connectivity index (χ3n) is 1.90. The molecule has 3 N–H and O–H groups in total. The molecule has 0 saturated heterocycles. The van der Waals surface area contributed by atoms with Gasteiger partial charge in [0.25, 0.3) is 0 Å². The zero-order valence-corrected chi connectivity index (χ0v) is 10.7. The molecule has 7 heteroatoms. The number of aliphatic hydroxyl groups excluding tert-OH is 1. The number of benzene rings is 1. The summed E-state index contributed by atoms with van der Waals surface area (Å²) in [6.45, 7) is 4.87. The third-order valence-corrected chi connectivity index (χ3v) is 1.90. The SMILES string of the molecule is C=C(O)C(=O)OCC.O=C(O)c1ccccc1C(=O)O. The van der Waals surface area contributed by atoms with Crippen LogP contribution < -0.4 is 0 Å². The molecule has 1 rings (SSSR count). The second kappa shape index (κ2) is 8.30. The lowest BCUT2D eigenvalue weighted by atomic mass is 10.1. The quantitative estimate of drug-likeness (QED) is 0.436. The molecule has 0 unspecified atom stereocenters. The average molecular weight is 282 g/mol. The summed E-state index contributed by atoms with van der Waals surface area (Å²) < 4.78 is 4.31. The maximum atomic E-state index is 10.5. The van der Waals surface area contributed by atoms with Crippen LogP contribution in [0.3, 0.4) is 0 Å². The van der Waals surface area contributed by atoms with Gasteiger partial charge < -0.3 is 20.1 Å². The van der Waals surface area contributed by atoms with Crippen molar-refractivity contribution in [3.05, 3.63) is 47.7 Å². The maximum Gasteiger partial charge on any atom is 0.372 e. The minimum Gasteiger partial charge on any atom is -0.502 e. The molecule has 0 bridgehead atoms. The highest BCUT2D eigenvalue weighted by Crippen LogP contribution is 2.07. The molecule has 0 heterocycles. The number of carbonyl (C=O) groups excluding carboxylic acids is 1. The van der Waals surface area contributed by atoms with Gasteiger partial charge in [-0.25, -0.2) is 14.4 Å². The van der Waals surface area contributed by atoms with Crippen molar-refractivity contribution in [1.29, 1.82) is 0 Å². The van der Waals surface area contributed by atoms with E-state index >= 15 is 0 Å². The van der Waals surface area contributed by atoms with Gasteiger partial charge in [0.2, 0.25) is 0 Å². The topological polar surface area (TPSA) is 121 Å². The Balaban J connectivity index is 0.000000396. The highest BCUT2D eigenvalue weighted by molar-refractivity contribution is 6.01. The van der Waals surface area contributed by atoms with Crippen molar-refractivity contribution in [2.75, 3.05) is 6.61 Å². The van der Waals surface area contributed by atoms with Gasteiger partial charge in [0.1, 0.15) is 0 Å². The summed E-state index contributed by atoms with van der Waals surface area (Å²) in [7, 11) is 0. The zero-order valence-electron chi connectivity index (χ0n) is 10.7. The van der Waals surface area contributed by atoms with Gasteiger partial charge in [-0.2, -0.15) is 0 Å². The standard InChI is InChI=1S/C8H6O4.C5H8O3/c9-7(10)5-3-1-2-4-6(5)8(11)12;1-3-8-5(7)4(2)6/h1-4H,(H,9,10)(H,11,12);6H,2-3H2,1H3. The molecule has 108 valence electrons. The Morgan fingerprint density at radius 2 is 1.45 bits per heavy atom. The highest BCUT2D eigenvalue weighted by Gasteiger charge is 2.13. The summed E-state index contributed by atoms with van der Waals surface area (Å²) in [6.07, 6.45) is 0. The number of carboxylic acids is 2. The van der Waals surface area contributed by atoms with Crippen LogP contribution in [0.4, 0.5) is 0 Å². The number of hydrogen-bond donors (Lipinski definition) is 3. The molecule has 20 heavy (non-hydrogen) atoms. The molecule has 0 aliphatic heterocycles. The molecule has 0 spiro atoms. The lowest BCUT2D eigenvalue weighted by Gasteiger charge is -1.98. The Bertz CT molecular complexity index is 486. The van der Waals surface area contributed by atoms with Crippen molar-refractivity contribution in [2.45, 2.75) is 6.92 Å². The zero-order chi connectivity index (χ0) is 15.7. The number of aliphatic hydroxyl groups is 1. The molecule has 7 nitrogen and oxygen atoms in total. The fraction of sp³-hybridized carbons (Fsp3) is 0.154. The first-order chi connectivity index (χ1) is 9.31. The molecule has 0 aliphatic rings. The van der Waals surface area contributed by atoms with Crippen LogP contribution in [-0.4, -0.2) is 39.8 Å². The molecule has 0 aromatic heterocycles. The van der Waals surface area contributed by atoms with Crippen molar-refractivity contribution in [2.24, 2.45) is 0 Å². The third kappa shape index (κ3) is 5.67. The summed E-state index contributed by atoms with van der Waals surface area (Å²) >= 11 is 0. The summed E-state index contributed by atoms with van der Waals surface area (Å²) in [5.41, 5.74) is -0.380. The predicted octanol–water partition coefficient (Wildman–Crippen LogP) is 1.70. The van der Waals surface area contributed by atoms with Gasteiger partial charge in [0.15, 0.2) is 5.76 Å². The van der Waals surface area contributed by atoms with Crippen LogP contribution in [-0.2, 0) is 9.53 Å². The van der Waals surface area contributed by atoms with Gasteiger partial charge in [-0.15, -0.1) is 0 Å². The van der Waals surface area contributed by atoms with Crippen LogP contribution >= 0.6 is 0 Å². The van der Waals surface area contributed by atoms with E-state index < -0.39 is 23.7 Å². The van der Waals surface area contributed by atoms with Crippen molar-refractivity contribution < 1.29 is 34.4 Å². The first kappa shape index (κ1) is 17.2. The Labute approximate surface area is 114 Å². The lowest BCUT2D eigenvalue weighted by molar-refractivity contribution is -0.141. The van der Waals surface area contributed by atoms with Crippen LogP contribution in [0.15, 0.2) is 36.6 Å². The van der Waals surface area contributed by atoms with Crippen LogP contribution in [0, 0.1) is 0 Å². The summed E-state index contributed by atoms with van der Waals surface area (Å²) in [5, 5.41) is 25.4. The normalized spacial score (nSPS) is 8.85. The van der Waals surface area contributed by atoms with Crippen molar-refractivity contribution in [3.63, 3.8) is 0 Å². The van der Waals surface area contributed by atoms with Crippen molar-refractivity contribution in [1.82, 2.24) is 0 Å². The Morgan fingerprint density at radius 3 is 1.65 bits per heavy atom. The van der Waals surface area contributed by atoms with Crippen LogP contribution in [0.5, 0.6) is 0 Å². The highest BCUT2D eigenvalue weighted by atomic mass is 16.5. The van der Waals surface area contributed by atoms with E-state index in [1.807, 2.05) is 0 Å². The van der Waals surface area contributed by atoms with Gasteiger partial charge in [0, 0.05) is 0 Å². The number of ether oxygens (including phenoxy) is 1. The second-order valence-corrected chi connectivity index (χ2v) is 3.32. The van der Waals surface area contributed by atoms with Gasteiger partial charge in [-0.3, -0.25) is 0 Å².